The van der Waals surface area contributed by atoms with Crippen LogP contribution in [-0.4, -0.2) is 15.4 Å². The van der Waals surface area contributed by atoms with Crippen molar-refractivity contribution < 1.29 is 4.79 Å². The van der Waals surface area contributed by atoms with Gasteiger partial charge in [-0.3, -0.25) is 4.79 Å². The summed E-state index contributed by atoms with van der Waals surface area (Å²) in [6.07, 6.45) is 0.739. The van der Waals surface area contributed by atoms with Crippen LogP contribution >= 0.6 is 11.5 Å². The van der Waals surface area contributed by atoms with E-state index in [0.29, 0.717) is 10.4 Å². The smallest absolute Gasteiger partial charge is 0.206 e. The summed E-state index contributed by atoms with van der Waals surface area (Å²) >= 11 is 1.18. The van der Waals surface area contributed by atoms with Gasteiger partial charge < -0.3 is 0 Å². The number of benzene rings is 1. The Bertz CT molecular complexity index is 560. The van der Waals surface area contributed by atoms with Gasteiger partial charge in [-0.05, 0) is 49.0 Å². The van der Waals surface area contributed by atoms with E-state index in [9.17, 15) is 4.79 Å². The fraction of sp³-hybridized carbons (Fsp3) is 0.308. The zero-order valence-electron chi connectivity index (χ0n) is 10.2. The maximum atomic E-state index is 12.3. The fourth-order valence-corrected chi connectivity index (χ4v) is 2.34. The predicted molar refractivity (Wildman–Crippen MR) is 68.6 cm³/mol. The maximum Gasteiger partial charge on any atom is 0.206 e. The second kappa shape index (κ2) is 4.75. The first-order chi connectivity index (χ1) is 8.13. The molecule has 0 spiro atoms. The molecular formula is C13H14N2OS. The molecule has 4 heteroatoms. The summed E-state index contributed by atoms with van der Waals surface area (Å²) in [5, 5.41) is 3.97. The van der Waals surface area contributed by atoms with Crippen LogP contribution in [0, 0.1) is 13.8 Å². The predicted octanol–water partition coefficient (Wildman–Crippen LogP) is 2.95. The monoisotopic (exact) mass is 246 g/mol. The summed E-state index contributed by atoms with van der Waals surface area (Å²) in [6.45, 7) is 6.03. The summed E-state index contributed by atoms with van der Waals surface area (Å²) < 4.78 is 3.85. The number of nitrogens with zero attached hydrogens (tertiary/aromatic N) is 2. The molecule has 17 heavy (non-hydrogen) atoms. The molecule has 0 unspecified atom stereocenters. The molecule has 0 aliphatic heterocycles. The van der Waals surface area contributed by atoms with Crippen molar-refractivity contribution in [2.45, 2.75) is 27.2 Å². The second-order valence-corrected chi connectivity index (χ2v) is 4.78. The normalized spacial score (nSPS) is 10.5. The van der Waals surface area contributed by atoms with Gasteiger partial charge in [-0.25, -0.2) is 0 Å². The first-order valence-electron chi connectivity index (χ1n) is 5.56. The minimum atomic E-state index is 0.0277. The molecule has 0 amide bonds. The molecular weight excluding hydrogens is 232 g/mol. The molecule has 1 heterocycles. The van der Waals surface area contributed by atoms with Crippen molar-refractivity contribution in [2.24, 2.45) is 0 Å². The highest BCUT2D eigenvalue weighted by Crippen LogP contribution is 2.18. The van der Waals surface area contributed by atoms with E-state index in [1.165, 1.54) is 17.1 Å². The van der Waals surface area contributed by atoms with E-state index in [-0.39, 0.29) is 5.78 Å². The van der Waals surface area contributed by atoms with Gasteiger partial charge in [-0.15, -0.1) is 5.10 Å². The van der Waals surface area contributed by atoms with Crippen LogP contribution in [0.25, 0.3) is 0 Å². The highest BCUT2D eigenvalue weighted by Gasteiger charge is 2.17. The topological polar surface area (TPSA) is 42.9 Å². The van der Waals surface area contributed by atoms with Crippen LogP contribution in [0.5, 0.6) is 0 Å². The quantitative estimate of drug-likeness (QED) is 0.782. The number of hydrogen-bond donors (Lipinski definition) is 0. The number of carbonyl (C=O) groups is 1. The minimum absolute atomic E-state index is 0.0277. The van der Waals surface area contributed by atoms with Gasteiger partial charge in [0.15, 0.2) is 0 Å². The molecule has 0 N–H and O–H groups in total. The molecule has 1 aromatic heterocycles. The van der Waals surface area contributed by atoms with Crippen molar-refractivity contribution in [3.8, 4) is 0 Å². The van der Waals surface area contributed by atoms with E-state index >= 15 is 0 Å². The van der Waals surface area contributed by atoms with E-state index in [0.717, 1.165) is 17.7 Å². The van der Waals surface area contributed by atoms with Crippen LogP contribution in [0.4, 0.5) is 0 Å². The summed E-state index contributed by atoms with van der Waals surface area (Å²) in [4.78, 5) is 12.9. The Morgan fingerprint density at radius 3 is 2.71 bits per heavy atom. The molecule has 3 nitrogen and oxygen atoms in total. The summed E-state index contributed by atoms with van der Waals surface area (Å²) in [7, 11) is 0. The molecule has 0 saturated carbocycles. The van der Waals surface area contributed by atoms with Gasteiger partial charge in [0.05, 0.1) is 5.69 Å². The molecule has 0 saturated heterocycles. The molecule has 0 atom stereocenters. The van der Waals surface area contributed by atoms with Crippen molar-refractivity contribution in [1.29, 1.82) is 0 Å². The number of hydrogen-bond acceptors (Lipinski definition) is 4. The fourth-order valence-electron chi connectivity index (χ4n) is 1.63. The summed E-state index contributed by atoms with van der Waals surface area (Å²) in [6, 6.07) is 5.77. The Balaban J connectivity index is 2.40. The van der Waals surface area contributed by atoms with E-state index in [4.69, 9.17) is 0 Å². The molecule has 88 valence electrons. The van der Waals surface area contributed by atoms with Crippen LogP contribution in [-0.2, 0) is 6.42 Å². The van der Waals surface area contributed by atoms with Crippen LogP contribution in [0.2, 0.25) is 0 Å². The van der Waals surface area contributed by atoms with Gasteiger partial charge in [-0.2, -0.15) is 0 Å². The third kappa shape index (κ3) is 2.26. The van der Waals surface area contributed by atoms with Crippen LogP contribution in [0.1, 0.15) is 39.0 Å². The van der Waals surface area contributed by atoms with Gasteiger partial charge in [0.2, 0.25) is 5.78 Å². The molecule has 0 bridgehead atoms. The molecule has 0 radical (unpaired) electrons. The maximum absolute atomic E-state index is 12.3. The van der Waals surface area contributed by atoms with E-state index in [2.05, 4.69) is 9.59 Å². The number of aromatic nitrogens is 2. The van der Waals surface area contributed by atoms with Crippen LogP contribution in [0.3, 0.4) is 0 Å². The van der Waals surface area contributed by atoms with Gasteiger partial charge in [0.1, 0.15) is 4.88 Å². The van der Waals surface area contributed by atoms with Gasteiger partial charge in [-0.1, -0.05) is 23.5 Å². The Morgan fingerprint density at radius 2 is 2.06 bits per heavy atom. The summed E-state index contributed by atoms with van der Waals surface area (Å²) in [5.74, 6) is 0.0277. The molecule has 2 aromatic rings. The van der Waals surface area contributed by atoms with Gasteiger partial charge >= 0.3 is 0 Å². The third-order valence-electron chi connectivity index (χ3n) is 2.87. The van der Waals surface area contributed by atoms with Crippen molar-refractivity contribution >= 4 is 17.3 Å². The lowest BCUT2D eigenvalue weighted by molar-refractivity contribution is 0.104. The van der Waals surface area contributed by atoms with Crippen molar-refractivity contribution in [3.05, 3.63) is 45.5 Å². The highest BCUT2D eigenvalue weighted by molar-refractivity contribution is 7.08. The first kappa shape index (κ1) is 11.9. The zero-order chi connectivity index (χ0) is 12.4. The first-order valence-corrected chi connectivity index (χ1v) is 6.34. The van der Waals surface area contributed by atoms with E-state index in [1.54, 1.807) is 0 Å². The van der Waals surface area contributed by atoms with Gasteiger partial charge in [0, 0.05) is 5.56 Å². The van der Waals surface area contributed by atoms with Crippen molar-refractivity contribution in [1.82, 2.24) is 9.59 Å². The number of aryl methyl sites for hydroxylation is 3. The minimum Gasteiger partial charge on any atom is -0.288 e. The number of rotatable bonds is 3. The number of ketones is 1. The molecule has 2 rings (SSSR count). The standard InChI is InChI=1S/C13H14N2OS/c1-4-11-13(17-15-14-11)12(16)10-6-5-8(2)9(3)7-10/h5-7H,4H2,1-3H3. The third-order valence-corrected chi connectivity index (χ3v) is 3.63. The largest absolute Gasteiger partial charge is 0.288 e. The van der Waals surface area contributed by atoms with Crippen LogP contribution in [0.15, 0.2) is 18.2 Å². The molecule has 0 aliphatic carbocycles. The van der Waals surface area contributed by atoms with Crippen molar-refractivity contribution in [2.75, 3.05) is 0 Å². The lowest BCUT2D eigenvalue weighted by Crippen LogP contribution is -2.03. The van der Waals surface area contributed by atoms with E-state index in [1.807, 2.05) is 39.0 Å². The lowest BCUT2D eigenvalue weighted by Gasteiger charge is -2.03. The molecule has 0 fully saturated rings. The Morgan fingerprint density at radius 1 is 1.29 bits per heavy atom. The highest BCUT2D eigenvalue weighted by atomic mass is 32.1. The van der Waals surface area contributed by atoms with E-state index < -0.39 is 0 Å². The Hall–Kier alpha value is -1.55. The second-order valence-electron chi connectivity index (χ2n) is 4.03. The van der Waals surface area contributed by atoms with Crippen LogP contribution < -0.4 is 0 Å². The number of carbonyl (C=O) groups excluding carboxylic acids is 1. The Labute approximate surface area is 105 Å². The average Bonchev–Trinajstić information content (AvgIpc) is 2.80. The molecule has 0 aliphatic rings. The summed E-state index contributed by atoms with van der Waals surface area (Å²) in [5.41, 5.74) is 3.83. The average molecular weight is 246 g/mol. The molecule has 1 aromatic carbocycles. The zero-order valence-corrected chi connectivity index (χ0v) is 11.0. The lowest BCUT2D eigenvalue weighted by atomic mass is 10.0. The van der Waals surface area contributed by atoms with Crippen molar-refractivity contribution in [3.63, 3.8) is 0 Å². The van der Waals surface area contributed by atoms with Gasteiger partial charge in [0.25, 0.3) is 0 Å². The SMILES string of the molecule is CCc1nnsc1C(=O)c1ccc(C)c(C)c1. The Kier molecular flexibility index (Phi) is 3.33.